The van der Waals surface area contributed by atoms with Crippen molar-refractivity contribution in [1.29, 1.82) is 0 Å². The molecule has 1 aliphatic heterocycles. The highest BCUT2D eigenvalue weighted by atomic mass is 19.4. The zero-order valence-electron chi connectivity index (χ0n) is 10.5. The van der Waals surface area contributed by atoms with Crippen LogP contribution in [0, 0.1) is 5.92 Å². The summed E-state index contributed by atoms with van der Waals surface area (Å²) in [5, 5.41) is 0. The molecule has 0 saturated carbocycles. The number of allylic oxidation sites excluding steroid dienone is 6. The van der Waals surface area contributed by atoms with Gasteiger partial charge in [0, 0.05) is 18.5 Å². The molecular weight excluding hydrogens is 239 g/mol. The van der Waals surface area contributed by atoms with Crippen molar-refractivity contribution in [2.75, 3.05) is 0 Å². The molecule has 0 saturated heterocycles. The number of nitrogens with zero attached hydrogens (tertiary/aromatic N) is 1. The summed E-state index contributed by atoms with van der Waals surface area (Å²) in [7, 11) is 0. The molecule has 18 heavy (non-hydrogen) atoms. The van der Waals surface area contributed by atoms with Crippen LogP contribution in [-0.2, 0) is 0 Å². The molecule has 0 aromatic rings. The second-order valence-electron chi connectivity index (χ2n) is 4.37. The first-order valence-corrected chi connectivity index (χ1v) is 5.61. The van der Waals surface area contributed by atoms with Crippen molar-refractivity contribution in [3.8, 4) is 0 Å². The summed E-state index contributed by atoms with van der Waals surface area (Å²) < 4.78 is 37.4. The van der Waals surface area contributed by atoms with Crippen LogP contribution in [0.1, 0.15) is 20.3 Å². The molecular formula is C14H16F3N. The van der Waals surface area contributed by atoms with Crippen molar-refractivity contribution in [1.82, 2.24) is 0 Å². The lowest BCUT2D eigenvalue weighted by molar-refractivity contribution is -0.0599. The Morgan fingerprint density at radius 3 is 2.61 bits per heavy atom. The molecule has 0 bridgehead atoms. The van der Waals surface area contributed by atoms with Gasteiger partial charge in [-0.1, -0.05) is 36.5 Å². The van der Waals surface area contributed by atoms with E-state index in [4.69, 9.17) is 0 Å². The minimum absolute atomic E-state index is 0.0987. The van der Waals surface area contributed by atoms with E-state index in [-0.39, 0.29) is 12.3 Å². The van der Waals surface area contributed by atoms with Gasteiger partial charge in [0.1, 0.15) is 5.71 Å². The maximum atomic E-state index is 12.5. The predicted octanol–water partition coefficient (Wildman–Crippen LogP) is 4.60. The third-order valence-electron chi connectivity index (χ3n) is 2.41. The Kier molecular flexibility index (Phi) is 4.70. The fourth-order valence-corrected chi connectivity index (χ4v) is 1.57. The third kappa shape index (κ3) is 4.35. The number of aliphatic imine (C=N–C) groups is 1. The standard InChI is InChI=1S/C14H16F3N/c1-10(2)9-11(3)12-5-4-6-13(14(15,16)17)18-8-7-12/h4-5,7-9,12H,3,6H2,1-2H3. The van der Waals surface area contributed by atoms with Crippen LogP contribution in [-0.4, -0.2) is 11.9 Å². The van der Waals surface area contributed by atoms with E-state index in [1.807, 2.05) is 19.9 Å². The monoisotopic (exact) mass is 255 g/mol. The van der Waals surface area contributed by atoms with Gasteiger partial charge in [0.15, 0.2) is 0 Å². The Bertz CT molecular complexity index is 432. The Balaban J connectivity index is 2.88. The van der Waals surface area contributed by atoms with Crippen molar-refractivity contribution in [2.24, 2.45) is 10.9 Å². The van der Waals surface area contributed by atoms with Crippen LogP contribution in [0.25, 0.3) is 0 Å². The van der Waals surface area contributed by atoms with Gasteiger partial charge >= 0.3 is 6.18 Å². The molecule has 0 radical (unpaired) electrons. The molecule has 1 heterocycles. The summed E-state index contributed by atoms with van der Waals surface area (Å²) in [5.41, 5.74) is 1.16. The fourth-order valence-electron chi connectivity index (χ4n) is 1.57. The van der Waals surface area contributed by atoms with Crippen molar-refractivity contribution in [3.05, 3.63) is 48.2 Å². The second-order valence-corrected chi connectivity index (χ2v) is 4.37. The zero-order chi connectivity index (χ0) is 13.8. The minimum Gasteiger partial charge on any atom is -0.256 e. The highest BCUT2D eigenvalue weighted by molar-refractivity contribution is 5.91. The molecule has 1 unspecified atom stereocenters. The van der Waals surface area contributed by atoms with E-state index in [2.05, 4.69) is 11.6 Å². The third-order valence-corrected chi connectivity index (χ3v) is 2.41. The maximum absolute atomic E-state index is 12.5. The lowest BCUT2D eigenvalue weighted by atomic mass is 9.97. The molecule has 1 rings (SSSR count). The first-order chi connectivity index (χ1) is 8.30. The van der Waals surface area contributed by atoms with Gasteiger partial charge in [0.2, 0.25) is 0 Å². The van der Waals surface area contributed by atoms with Crippen molar-refractivity contribution < 1.29 is 13.2 Å². The molecule has 0 N–H and O–H groups in total. The Morgan fingerprint density at radius 2 is 2.06 bits per heavy atom. The van der Waals surface area contributed by atoms with Gasteiger partial charge in [-0.05, 0) is 19.4 Å². The van der Waals surface area contributed by atoms with Crippen LogP contribution in [0.5, 0.6) is 0 Å². The van der Waals surface area contributed by atoms with Gasteiger partial charge in [-0.3, -0.25) is 4.99 Å². The topological polar surface area (TPSA) is 12.4 Å². The fraction of sp³-hybridized carbons (Fsp3) is 0.357. The highest BCUT2D eigenvalue weighted by Gasteiger charge is 2.34. The van der Waals surface area contributed by atoms with Gasteiger partial charge in [-0.2, -0.15) is 13.2 Å². The van der Waals surface area contributed by atoms with Gasteiger partial charge in [0.05, 0.1) is 0 Å². The van der Waals surface area contributed by atoms with Crippen LogP contribution in [0.3, 0.4) is 0 Å². The largest absolute Gasteiger partial charge is 0.429 e. The number of hydrogen-bond acceptors (Lipinski definition) is 1. The van der Waals surface area contributed by atoms with Gasteiger partial charge in [-0.25, -0.2) is 0 Å². The van der Waals surface area contributed by atoms with Crippen LogP contribution in [0.2, 0.25) is 0 Å². The number of halogens is 3. The number of rotatable bonds is 2. The lowest BCUT2D eigenvalue weighted by Crippen LogP contribution is -2.22. The minimum atomic E-state index is -4.36. The summed E-state index contributed by atoms with van der Waals surface area (Å²) in [4.78, 5) is 3.46. The second kappa shape index (κ2) is 5.85. The summed E-state index contributed by atoms with van der Waals surface area (Å²) in [6.07, 6.45) is 3.38. The van der Waals surface area contributed by atoms with Crippen LogP contribution >= 0.6 is 0 Å². The van der Waals surface area contributed by atoms with E-state index in [1.165, 1.54) is 12.3 Å². The van der Waals surface area contributed by atoms with E-state index in [9.17, 15) is 13.2 Å². The van der Waals surface area contributed by atoms with Crippen LogP contribution in [0.15, 0.2) is 53.2 Å². The zero-order valence-corrected chi connectivity index (χ0v) is 10.5. The quantitative estimate of drug-likeness (QED) is 0.505. The molecule has 0 aliphatic carbocycles. The Morgan fingerprint density at radius 1 is 1.39 bits per heavy atom. The molecule has 1 aliphatic rings. The molecule has 4 heteroatoms. The van der Waals surface area contributed by atoms with E-state index < -0.39 is 11.9 Å². The highest BCUT2D eigenvalue weighted by Crippen LogP contribution is 2.23. The normalized spacial score (nSPS) is 19.8. The molecule has 98 valence electrons. The smallest absolute Gasteiger partial charge is 0.256 e. The van der Waals surface area contributed by atoms with E-state index in [1.54, 1.807) is 12.2 Å². The molecule has 0 fully saturated rings. The average molecular weight is 255 g/mol. The average Bonchev–Trinajstić information content (AvgIpc) is 2.12. The Labute approximate surface area is 105 Å². The summed E-state index contributed by atoms with van der Waals surface area (Å²) in [6, 6.07) is 0. The lowest BCUT2D eigenvalue weighted by Gasteiger charge is -2.12. The Hall–Kier alpha value is -1.58. The maximum Gasteiger partial charge on any atom is 0.429 e. The van der Waals surface area contributed by atoms with Gasteiger partial charge in [-0.15, -0.1) is 0 Å². The molecule has 0 aromatic carbocycles. The van der Waals surface area contributed by atoms with E-state index in [0.29, 0.717) is 0 Å². The van der Waals surface area contributed by atoms with Crippen LogP contribution in [0.4, 0.5) is 13.2 Å². The van der Waals surface area contributed by atoms with Gasteiger partial charge < -0.3 is 0 Å². The first-order valence-electron chi connectivity index (χ1n) is 5.61. The summed E-state index contributed by atoms with van der Waals surface area (Å²) in [6.45, 7) is 7.80. The summed E-state index contributed by atoms with van der Waals surface area (Å²) in [5.74, 6) is -0.0987. The number of alkyl halides is 3. The van der Waals surface area contributed by atoms with E-state index >= 15 is 0 Å². The molecule has 0 spiro atoms. The first kappa shape index (κ1) is 14.5. The molecule has 0 amide bonds. The molecule has 1 atom stereocenters. The van der Waals surface area contributed by atoms with Crippen molar-refractivity contribution >= 4 is 5.71 Å². The summed E-state index contributed by atoms with van der Waals surface area (Å²) >= 11 is 0. The number of hydrogen-bond donors (Lipinski definition) is 0. The molecule has 1 nitrogen and oxygen atoms in total. The van der Waals surface area contributed by atoms with Gasteiger partial charge in [0.25, 0.3) is 0 Å². The van der Waals surface area contributed by atoms with Crippen molar-refractivity contribution in [2.45, 2.75) is 26.4 Å². The van der Waals surface area contributed by atoms with Crippen LogP contribution < -0.4 is 0 Å². The molecule has 0 aromatic heterocycles. The van der Waals surface area contributed by atoms with Crippen molar-refractivity contribution in [3.63, 3.8) is 0 Å². The SMILES string of the molecule is C=C(C=C(C)C)C1C=CCC(C(F)(F)F)=NC=C1. The van der Waals surface area contributed by atoms with E-state index in [0.717, 1.165) is 11.1 Å². The predicted molar refractivity (Wildman–Crippen MR) is 68.4 cm³/mol.